The van der Waals surface area contributed by atoms with E-state index in [9.17, 15) is 14.4 Å². The Labute approximate surface area is 175 Å². The number of amides is 2. The zero-order valence-electron chi connectivity index (χ0n) is 17.1. The maximum atomic E-state index is 13.3. The molecule has 160 valence electrons. The Kier molecular flexibility index (Phi) is 7.87. The quantitative estimate of drug-likeness (QED) is 0.725. The van der Waals surface area contributed by atoms with Crippen LogP contribution in [0.1, 0.15) is 26.3 Å². The van der Waals surface area contributed by atoms with E-state index in [1.807, 2.05) is 0 Å². The van der Waals surface area contributed by atoms with Gasteiger partial charge in [-0.3, -0.25) is 4.79 Å². The third-order valence-electron chi connectivity index (χ3n) is 4.23. The number of benzene rings is 1. The number of rotatable bonds is 5. The molecule has 1 aliphatic rings. The van der Waals surface area contributed by atoms with Gasteiger partial charge in [0.2, 0.25) is 5.91 Å². The molecule has 2 amide bonds. The van der Waals surface area contributed by atoms with Gasteiger partial charge in [0.1, 0.15) is 11.6 Å². The molecule has 1 aromatic rings. The minimum atomic E-state index is -0.934. The predicted octanol–water partition coefficient (Wildman–Crippen LogP) is 2.18. The van der Waals surface area contributed by atoms with Crippen LogP contribution >= 0.6 is 11.6 Å². The molecule has 2 atom stereocenters. The SMILES string of the molecule is COC(=O)[C@@H]1COCCN1C(=O)[C@H](Cc1ccc(Cl)cc1)NC(=O)OC(C)(C)C. The standard InChI is InChI=1S/C20H27ClN2O6/c1-20(2,3)29-19(26)22-15(11-13-5-7-14(21)8-6-13)17(24)23-9-10-28-12-16(23)18(25)27-4/h5-8,15-16H,9-12H2,1-4H3,(H,22,26)/t15-,16-/m0/s1. The van der Waals surface area contributed by atoms with Gasteiger partial charge >= 0.3 is 12.1 Å². The molecule has 1 saturated heterocycles. The van der Waals surface area contributed by atoms with Crippen molar-refractivity contribution >= 4 is 29.6 Å². The van der Waals surface area contributed by atoms with Crippen LogP contribution in [0.4, 0.5) is 4.79 Å². The van der Waals surface area contributed by atoms with E-state index in [-0.39, 0.29) is 19.6 Å². The van der Waals surface area contributed by atoms with Gasteiger partial charge in [-0.25, -0.2) is 9.59 Å². The summed E-state index contributed by atoms with van der Waals surface area (Å²) in [5.74, 6) is -0.981. The van der Waals surface area contributed by atoms with E-state index in [4.69, 9.17) is 25.8 Å². The molecule has 0 spiro atoms. The fourth-order valence-electron chi connectivity index (χ4n) is 2.91. The first-order valence-electron chi connectivity index (χ1n) is 9.30. The molecule has 0 unspecified atom stereocenters. The predicted molar refractivity (Wildman–Crippen MR) is 107 cm³/mol. The van der Waals surface area contributed by atoms with Crippen LogP contribution in [0.5, 0.6) is 0 Å². The van der Waals surface area contributed by atoms with Crippen molar-refractivity contribution in [1.82, 2.24) is 10.2 Å². The number of carbonyl (C=O) groups excluding carboxylic acids is 3. The van der Waals surface area contributed by atoms with Crippen LogP contribution in [-0.4, -0.2) is 67.4 Å². The van der Waals surface area contributed by atoms with Crippen molar-refractivity contribution in [3.05, 3.63) is 34.9 Å². The fourth-order valence-corrected chi connectivity index (χ4v) is 3.03. The van der Waals surface area contributed by atoms with E-state index in [1.165, 1.54) is 12.0 Å². The topological polar surface area (TPSA) is 94.2 Å². The van der Waals surface area contributed by atoms with Crippen LogP contribution in [0.25, 0.3) is 0 Å². The van der Waals surface area contributed by atoms with Crippen molar-refractivity contribution in [1.29, 1.82) is 0 Å². The second-order valence-electron chi connectivity index (χ2n) is 7.67. The summed E-state index contributed by atoms with van der Waals surface area (Å²) in [5.41, 5.74) is 0.0811. The zero-order chi connectivity index (χ0) is 21.6. The lowest BCUT2D eigenvalue weighted by Crippen LogP contribution is -2.59. The number of nitrogens with zero attached hydrogens (tertiary/aromatic N) is 1. The van der Waals surface area contributed by atoms with Crippen LogP contribution in [0.2, 0.25) is 5.02 Å². The normalized spacial score (nSPS) is 18.0. The molecule has 2 rings (SSSR count). The molecule has 1 heterocycles. The third-order valence-corrected chi connectivity index (χ3v) is 4.48. The number of alkyl carbamates (subject to hydrolysis) is 1. The summed E-state index contributed by atoms with van der Waals surface area (Å²) in [7, 11) is 1.25. The first-order valence-corrected chi connectivity index (χ1v) is 9.68. The molecule has 0 saturated carbocycles. The van der Waals surface area contributed by atoms with Crippen LogP contribution in [0.3, 0.4) is 0 Å². The Morgan fingerprint density at radius 3 is 2.52 bits per heavy atom. The van der Waals surface area contributed by atoms with Crippen molar-refractivity contribution in [3.63, 3.8) is 0 Å². The van der Waals surface area contributed by atoms with Crippen molar-refractivity contribution in [3.8, 4) is 0 Å². The summed E-state index contributed by atoms with van der Waals surface area (Å²) >= 11 is 5.93. The highest BCUT2D eigenvalue weighted by Gasteiger charge is 2.37. The van der Waals surface area contributed by atoms with Gasteiger partial charge in [0.15, 0.2) is 6.04 Å². The summed E-state index contributed by atoms with van der Waals surface area (Å²) in [4.78, 5) is 39.1. The number of halogens is 1. The Bertz CT molecular complexity index is 731. The van der Waals surface area contributed by atoms with Crippen LogP contribution in [0, 0.1) is 0 Å². The minimum absolute atomic E-state index is 0.0402. The summed E-state index contributed by atoms with van der Waals surface area (Å²) < 4.78 is 15.4. The first kappa shape index (κ1) is 23.0. The van der Waals surface area contributed by atoms with Crippen LogP contribution in [-0.2, 0) is 30.2 Å². The van der Waals surface area contributed by atoms with Crippen molar-refractivity contribution in [2.45, 2.75) is 44.9 Å². The lowest BCUT2D eigenvalue weighted by molar-refractivity contribution is -0.161. The Morgan fingerprint density at radius 1 is 1.28 bits per heavy atom. The highest BCUT2D eigenvalue weighted by atomic mass is 35.5. The van der Waals surface area contributed by atoms with E-state index in [2.05, 4.69) is 5.32 Å². The van der Waals surface area contributed by atoms with Crippen LogP contribution < -0.4 is 5.32 Å². The summed E-state index contributed by atoms with van der Waals surface area (Å²) in [6.07, 6.45) is -0.506. The smallest absolute Gasteiger partial charge is 0.408 e. The van der Waals surface area contributed by atoms with E-state index < -0.39 is 35.7 Å². The maximum Gasteiger partial charge on any atom is 0.408 e. The second kappa shape index (κ2) is 9.93. The van der Waals surface area contributed by atoms with Gasteiger partial charge in [0.25, 0.3) is 0 Å². The Morgan fingerprint density at radius 2 is 1.93 bits per heavy atom. The van der Waals surface area contributed by atoms with Crippen molar-refractivity contribution in [2.24, 2.45) is 0 Å². The molecule has 1 N–H and O–H groups in total. The van der Waals surface area contributed by atoms with Gasteiger partial charge in [-0.1, -0.05) is 23.7 Å². The minimum Gasteiger partial charge on any atom is -0.467 e. The highest BCUT2D eigenvalue weighted by Crippen LogP contribution is 2.16. The summed E-state index contributed by atoms with van der Waals surface area (Å²) in [6.45, 7) is 5.75. The number of ether oxygens (including phenoxy) is 3. The van der Waals surface area contributed by atoms with E-state index >= 15 is 0 Å². The molecular formula is C20H27ClN2O6. The van der Waals surface area contributed by atoms with Gasteiger partial charge in [0, 0.05) is 18.0 Å². The number of hydrogen-bond donors (Lipinski definition) is 1. The average molecular weight is 427 g/mol. The molecule has 1 aliphatic heterocycles. The first-order chi connectivity index (χ1) is 13.6. The van der Waals surface area contributed by atoms with Crippen molar-refractivity contribution in [2.75, 3.05) is 26.9 Å². The Hall–Kier alpha value is -2.32. The van der Waals surface area contributed by atoms with Gasteiger partial charge in [-0.05, 0) is 38.5 Å². The molecular weight excluding hydrogens is 400 g/mol. The molecule has 1 aromatic carbocycles. The molecule has 0 radical (unpaired) electrons. The Balaban J connectivity index is 2.23. The monoisotopic (exact) mass is 426 g/mol. The fraction of sp³-hybridized carbons (Fsp3) is 0.550. The summed E-state index contributed by atoms with van der Waals surface area (Å²) in [6, 6.07) is 5.16. The van der Waals surface area contributed by atoms with Gasteiger partial charge < -0.3 is 24.4 Å². The van der Waals surface area contributed by atoms with Crippen LogP contribution in [0.15, 0.2) is 24.3 Å². The number of morpholine rings is 1. The molecule has 0 aromatic heterocycles. The number of esters is 1. The molecule has 1 fully saturated rings. The number of nitrogens with one attached hydrogen (secondary N) is 1. The summed E-state index contributed by atoms with van der Waals surface area (Å²) in [5, 5.41) is 3.20. The second-order valence-corrected chi connectivity index (χ2v) is 8.11. The average Bonchev–Trinajstić information content (AvgIpc) is 2.66. The zero-order valence-corrected chi connectivity index (χ0v) is 17.8. The van der Waals surface area contributed by atoms with Crippen molar-refractivity contribution < 1.29 is 28.6 Å². The lowest BCUT2D eigenvalue weighted by atomic mass is 10.0. The number of carbonyl (C=O) groups is 3. The van der Waals surface area contributed by atoms with E-state index in [0.29, 0.717) is 11.6 Å². The largest absolute Gasteiger partial charge is 0.467 e. The molecule has 29 heavy (non-hydrogen) atoms. The molecule has 9 heteroatoms. The highest BCUT2D eigenvalue weighted by molar-refractivity contribution is 6.30. The lowest BCUT2D eigenvalue weighted by Gasteiger charge is -2.36. The maximum absolute atomic E-state index is 13.3. The van der Waals surface area contributed by atoms with E-state index in [1.54, 1.807) is 45.0 Å². The number of methoxy groups -OCH3 is 1. The van der Waals surface area contributed by atoms with Gasteiger partial charge in [-0.15, -0.1) is 0 Å². The molecule has 8 nitrogen and oxygen atoms in total. The van der Waals surface area contributed by atoms with Gasteiger partial charge in [0.05, 0.1) is 20.3 Å². The molecule has 0 aliphatic carbocycles. The third kappa shape index (κ3) is 6.90. The van der Waals surface area contributed by atoms with E-state index in [0.717, 1.165) is 5.56 Å². The number of hydrogen-bond acceptors (Lipinski definition) is 6. The molecule has 0 bridgehead atoms. The van der Waals surface area contributed by atoms with Gasteiger partial charge in [-0.2, -0.15) is 0 Å².